The first-order chi connectivity index (χ1) is 9.99. The van der Waals surface area contributed by atoms with Gasteiger partial charge in [-0.15, -0.1) is 0 Å². The molecule has 0 amide bonds. The number of methoxy groups -OCH3 is 1. The third-order valence-electron chi connectivity index (χ3n) is 3.73. The van der Waals surface area contributed by atoms with Gasteiger partial charge in [0.05, 0.1) is 7.11 Å². The summed E-state index contributed by atoms with van der Waals surface area (Å²) in [4.78, 5) is 11.8. The number of para-hydroxylation sites is 2. The number of benzene rings is 1. The van der Waals surface area contributed by atoms with Gasteiger partial charge in [-0.2, -0.15) is 0 Å². The lowest BCUT2D eigenvalue weighted by atomic mass is 9.93. The van der Waals surface area contributed by atoms with E-state index in [1.165, 1.54) is 0 Å². The van der Waals surface area contributed by atoms with E-state index in [4.69, 9.17) is 9.47 Å². The van der Waals surface area contributed by atoms with E-state index in [2.05, 4.69) is 5.32 Å². The molecule has 2 rings (SSSR count). The Bertz CT molecular complexity index is 499. The lowest BCUT2D eigenvalue weighted by Crippen LogP contribution is -2.60. The lowest BCUT2D eigenvalue weighted by molar-refractivity contribution is -0.148. The molecule has 2 N–H and O–H groups in total. The smallest absolute Gasteiger partial charge is 0.327 e. The predicted octanol–water partition coefficient (Wildman–Crippen LogP) is 2.31. The predicted molar refractivity (Wildman–Crippen MR) is 79.9 cm³/mol. The molecular weight excluding hydrogens is 270 g/mol. The molecule has 1 saturated carbocycles. The Hall–Kier alpha value is -1.75. The second kappa shape index (κ2) is 6.35. The summed E-state index contributed by atoms with van der Waals surface area (Å²) >= 11 is 0. The summed E-state index contributed by atoms with van der Waals surface area (Å²) in [7, 11) is 1.57. The molecule has 5 heteroatoms. The Labute approximate surface area is 125 Å². The number of nitrogens with one attached hydrogen (secondary N) is 1. The summed E-state index contributed by atoms with van der Waals surface area (Å²) in [6.07, 6.45) is 1.84. The number of ether oxygens (including phenoxy) is 2. The van der Waals surface area contributed by atoms with Crippen LogP contribution in [0.4, 0.5) is 0 Å². The van der Waals surface area contributed by atoms with E-state index >= 15 is 0 Å². The fourth-order valence-corrected chi connectivity index (χ4v) is 2.60. The molecule has 1 aliphatic rings. The van der Waals surface area contributed by atoms with E-state index in [0.717, 1.165) is 12.8 Å². The minimum absolute atomic E-state index is 0.0722. The minimum atomic E-state index is -1.03. The van der Waals surface area contributed by atoms with Crippen LogP contribution in [0, 0.1) is 5.92 Å². The van der Waals surface area contributed by atoms with Crippen molar-refractivity contribution in [3.05, 3.63) is 24.3 Å². The number of carboxylic acid groups (broad SMARTS) is 1. The zero-order valence-corrected chi connectivity index (χ0v) is 12.8. The summed E-state index contributed by atoms with van der Waals surface area (Å²) in [5, 5.41) is 12.9. The van der Waals surface area contributed by atoms with E-state index in [-0.39, 0.29) is 18.6 Å². The molecule has 0 spiro atoms. The lowest BCUT2D eigenvalue weighted by Gasteiger charge is -2.32. The van der Waals surface area contributed by atoms with Crippen molar-refractivity contribution in [1.82, 2.24) is 5.32 Å². The van der Waals surface area contributed by atoms with E-state index in [0.29, 0.717) is 11.5 Å². The van der Waals surface area contributed by atoms with Crippen molar-refractivity contribution in [1.29, 1.82) is 0 Å². The largest absolute Gasteiger partial charge is 0.493 e. The fraction of sp³-hybridized carbons (Fsp3) is 0.562. The first kappa shape index (κ1) is 15.6. The van der Waals surface area contributed by atoms with Crippen LogP contribution in [-0.4, -0.2) is 36.4 Å². The van der Waals surface area contributed by atoms with Crippen LogP contribution in [0.15, 0.2) is 24.3 Å². The Kier molecular flexibility index (Phi) is 4.73. The van der Waals surface area contributed by atoms with E-state index < -0.39 is 11.5 Å². The summed E-state index contributed by atoms with van der Waals surface area (Å²) in [5.41, 5.74) is -1.03. The quantitative estimate of drug-likeness (QED) is 0.770. The molecule has 1 atom stereocenters. The molecule has 0 aliphatic heterocycles. The van der Waals surface area contributed by atoms with Gasteiger partial charge in [-0.1, -0.05) is 12.1 Å². The second-order valence-electron chi connectivity index (χ2n) is 5.79. The zero-order chi connectivity index (χ0) is 15.5. The first-order valence-electron chi connectivity index (χ1n) is 7.26. The maximum atomic E-state index is 11.8. The van der Waals surface area contributed by atoms with Crippen LogP contribution in [0.3, 0.4) is 0 Å². The average Bonchev–Trinajstić information content (AvgIpc) is 3.28. The van der Waals surface area contributed by atoms with Gasteiger partial charge in [0, 0.05) is 6.04 Å². The summed E-state index contributed by atoms with van der Waals surface area (Å²) < 4.78 is 11.0. The topological polar surface area (TPSA) is 67.8 Å². The molecule has 1 aliphatic carbocycles. The SMILES string of the molecule is COc1ccccc1OCC(NC(C)C)(C(=O)O)C1CC1. The number of aliphatic carboxylic acids is 1. The number of rotatable bonds is 8. The van der Waals surface area contributed by atoms with Crippen molar-refractivity contribution in [2.45, 2.75) is 38.3 Å². The van der Waals surface area contributed by atoms with Crippen LogP contribution >= 0.6 is 0 Å². The van der Waals surface area contributed by atoms with Crippen LogP contribution in [-0.2, 0) is 4.79 Å². The maximum absolute atomic E-state index is 11.8. The van der Waals surface area contributed by atoms with Crippen LogP contribution < -0.4 is 14.8 Å². The highest BCUT2D eigenvalue weighted by Gasteiger charge is 2.52. The third-order valence-corrected chi connectivity index (χ3v) is 3.73. The van der Waals surface area contributed by atoms with Crippen LogP contribution in [0.2, 0.25) is 0 Å². The molecule has 1 aromatic rings. The Morgan fingerprint density at radius 3 is 2.48 bits per heavy atom. The van der Waals surface area contributed by atoms with Gasteiger partial charge in [-0.05, 0) is 44.7 Å². The van der Waals surface area contributed by atoms with Gasteiger partial charge in [-0.25, -0.2) is 0 Å². The normalized spacial score (nSPS) is 17.3. The number of carbonyl (C=O) groups is 1. The molecule has 1 unspecified atom stereocenters. The molecule has 0 radical (unpaired) electrons. The fourth-order valence-electron chi connectivity index (χ4n) is 2.60. The van der Waals surface area contributed by atoms with Gasteiger partial charge in [0.15, 0.2) is 17.0 Å². The molecule has 1 fully saturated rings. The zero-order valence-electron chi connectivity index (χ0n) is 12.8. The highest BCUT2D eigenvalue weighted by molar-refractivity contribution is 5.80. The Morgan fingerprint density at radius 2 is 2.00 bits per heavy atom. The van der Waals surface area contributed by atoms with Gasteiger partial charge < -0.3 is 14.6 Å². The summed E-state index contributed by atoms with van der Waals surface area (Å²) in [5.74, 6) is 0.440. The van der Waals surface area contributed by atoms with Gasteiger partial charge in [-0.3, -0.25) is 10.1 Å². The van der Waals surface area contributed by atoms with Crippen LogP contribution in [0.25, 0.3) is 0 Å². The molecular formula is C16H23NO4. The van der Waals surface area contributed by atoms with E-state index in [9.17, 15) is 9.90 Å². The van der Waals surface area contributed by atoms with Crippen LogP contribution in [0.5, 0.6) is 11.5 Å². The second-order valence-corrected chi connectivity index (χ2v) is 5.79. The third kappa shape index (κ3) is 3.47. The Balaban J connectivity index is 2.17. The number of hydrogen-bond acceptors (Lipinski definition) is 4. The first-order valence-corrected chi connectivity index (χ1v) is 7.26. The number of hydrogen-bond donors (Lipinski definition) is 2. The molecule has 21 heavy (non-hydrogen) atoms. The molecule has 1 aromatic carbocycles. The van der Waals surface area contributed by atoms with E-state index in [1.54, 1.807) is 19.2 Å². The standard InChI is InChI=1S/C16H23NO4/c1-11(2)17-16(15(18)19,12-8-9-12)10-21-14-7-5-4-6-13(14)20-3/h4-7,11-12,17H,8-10H2,1-3H3,(H,18,19). The van der Waals surface area contributed by atoms with E-state index in [1.807, 2.05) is 26.0 Å². The highest BCUT2D eigenvalue weighted by atomic mass is 16.5. The molecule has 0 heterocycles. The van der Waals surface area contributed by atoms with Crippen LogP contribution in [0.1, 0.15) is 26.7 Å². The summed E-state index contributed by atoms with van der Waals surface area (Å²) in [6.45, 7) is 3.98. The van der Waals surface area contributed by atoms with Crippen molar-refractivity contribution >= 4 is 5.97 Å². The average molecular weight is 293 g/mol. The van der Waals surface area contributed by atoms with Gasteiger partial charge in [0.25, 0.3) is 0 Å². The maximum Gasteiger partial charge on any atom is 0.327 e. The monoisotopic (exact) mass is 293 g/mol. The van der Waals surface area contributed by atoms with Crippen molar-refractivity contribution in [3.8, 4) is 11.5 Å². The Morgan fingerprint density at radius 1 is 1.38 bits per heavy atom. The van der Waals surface area contributed by atoms with Gasteiger partial charge >= 0.3 is 5.97 Å². The molecule has 5 nitrogen and oxygen atoms in total. The molecule has 116 valence electrons. The number of carboxylic acids is 1. The summed E-state index contributed by atoms with van der Waals surface area (Å²) in [6, 6.07) is 7.35. The minimum Gasteiger partial charge on any atom is -0.493 e. The van der Waals surface area contributed by atoms with Crippen molar-refractivity contribution in [2.75, 3.05) is 13.7 Å². The molecule has 0 aromatic heterocycles. The van der Waals surface area contributed by atoms with Crippen molar-refractivity contribution in [3.63, 3.8) is 0 Å². The molecule has 0 bridgehead atoms. The molecule has 0 saturated heterocycles. The van der Waals surface area contributed by atoms with Crippen molar-refractivity contribution in [2.24, 2.45) is 5.92 Å². The highest BCUT2D eigenvalue weighted by Crippen LogP contribution is 2.41. The van der Waals surface area contributed by atoms with Gasteiger partial charge in [0.1, 0.15) is 6.61 Å². The van der Waals surface area contributed by atoms with Gasteiger partial charge in [0.2, 0.25) is 0 Å². The van der Waals surface area contributed by atoms with Crippen molar-refractivity contribution < 1.29 is 19.4 Å².